The zero-order chi connectivity index (χ0) is 17.5. The fourth-order valence-electron chi connectivity index (χ4n) is 3.38. The minimum Gasteiger partial charge on any atom is -0.488 e. The standard InChI is InChI=1S/C19H27N3O3/c23-18-9-2-1-5-11-22(18)12-6-10-20-19(24)21-14-16-13-15-7-3-4-8-17(15)25-16/h3-4,7-8,16H,1-2,5-6,9-14H2,(H2,20,21,24). The summed E-state index contributed by atoms with van der Waals surface area (Å²) in [6.07, 6.45) is 5.50. The van der Waals surface area contributed by atoms with Crippen molar-refractivity contribution in [2.45, 2.75) is 44.6 Å². The molecule has 1 atom stereocenters. The van der Waals surface area contributed by atoms with Gasteiger partial charge in [0.25, 0.3) is 0 Å². The zero-order valence-corrected chi connectivity index (χ0v) is 14.6. The Kier molecular flexibility index (Phi) is 6.14. The topological polar surface area (TPSA) is 70.7 Å². The van der Waals surface area contributed by atoms with Gasteiger partial charge < -0.3 is 20.3 Å². The Morgan fingerprint density at radius 2 is 2.08 bits per heavy atom. The number of nitrogens with one attached hydrogen (secondary N) is 2. The molecule has 1 unspecified atom stereocenters. The summed E-state index contributed by atoms with van der Waals surface area (Å²) in [4.78, 5) is 25.7. The van der Waals surface area contributed by atoms with Crippen molar-refractivity contribution in [3.8, 4) is 5.75 Å². The molecule has 1 aromatic rings. The molecule has 2 aliphatic rings. The molecule has 0 saturated carbocycles. The van der Waals surface area contributed by atoms with Gasteiger partial charge in [0.15, 0.2) is 0 Å². The van der Waals surface area contributed by atoms with Crippen LogP contribution in [0.3, 0.4) is 0 Å². The second kappa shape index (κ2) is 8.74. The van der Waals surface area contributed by atoms with E-state index in [2.05, 4.69) is 16.7 Å². The molecule has 2 N–H and O–H groups in total. The fourth-order valence-corrected chi connectivity index (χ4v) is 3.38. The molecule has 1 fully saturated rings. The lowest BCUT2D eigenvalue weighted by Crippen LogP contribution is -2.42. The lowest BCUT2D eigenvalue weighted by Gasteiger charge is -2.20. The van der Waals surface area contributed by atoms with Crippen LogP contribution in [-0.4, -0.2) is 49.1 Å². The smallest absolute Gasteiger partial charge is 0.314 e. The Morgan fingerprint density at radius 3 is 2.96 bits per heavy atom. The van der Waals surface area contributed by atoms with Crippen molar-refractivity contribution in [2.75, 3.05) is 26.2 Å². The van der Waals surface area contributed by atoms with Gasteiger partial charge in [0.1, 0.15) is 11.9 Å². The molecule has 2 aliphatic heterocycles. The number of hydrogen-bond donors (Lipinski definition) is 2. The first-order valence-corrected chi connectivity index (χ1v) is 9.26. The molecule has 0 aromatic heterocycles. The fraction of sp³-hybridized carbons (Fsp3) is 0.579. The molecular weight excluding hydrogens is 318 g/mol. The maximum atomic E-state index is 11.9. The molecule has 3 amide bonds. The third-order valence-corrected chi connectivity index (χ3v) is 4.77. The van der Waals surface area contributed by atoms with Gasteiger partial charge in [-0.05, 0) is 30.9 Å². The molecular formula is C19H27N3O3. The number of benzene rings is 1. The largest absolute Gasteiger partial charge is 0.488 e. The molecule has 6 nitrogen and oxygen atoms in total. The van der Waals surface area contributed by atoms with Crippen LogP contribution in [0.1, 0.15) is 37.7 Å². The third kappa shape index (κ3) is 5.11. The SMILES string of the molecule is O=C(NCCCN1CCCCCC1=O)NCC1Cc2ccccc2O1. The highest BCUT2D eigenvalue weighted by atomic mass is 16.5. The Hall–Kier alpha value is -2.24. The van der Waals surface area contributed by atoms with E-state index < -0.39 is 0 Å². The monoisotopic (exact) mass is 345 g/mol. The van der Waals surface area contributed by atoms with E-state index in [1.165, 1.54) is 5.56 Å². The van der Waals surface area contributed by atoms with Crippen LogP contribution in [0.25, 0.3) is 0 Å². The van der Waals surface area contributed by atoms with Gasteiger partial charge in [-0.1, -0.05) is 24.6 Å². The van der Waals surface area contributed by atoms with Crippen LogP contribution in [0.15, 0.2) is 24.3 Å². The predicted octanol–water partition coefficient (Wildman–Crippen LogP) is 2.08. The van der Waals surface area contributed by atoms with E-state index in [0.717, 1.165) is 50.9 Å². The Balaban J connectivity index is 1.28. The first-order valence-electron chi connectivity index (χ1n) is 9.26. The van der Waals surface area contributed by atoms with Gasteiger partial charge in [-0.3, -0.25) is 4.79 Å². The summed E-state index contributed by atoms with van der Waals surface area (Å²) in [5.41, 5.74) is 1.19. The van der Waals surface area contributed by atoms with Gasteiger partial charge in [-0.15, -0.1) is 0 Å². The van der Waals surface area contributed by atoms with E-state index in [4.69, 9.17) is 4.74 Å². The number of hydrogen-bond acceptors (Lipinski definition) is 3. The Labute approximate surface area is 148 Å². The molecule has 0 bridgehead atoms. The molecule has 3 rings (SSSR count). The van der Waals surface area contributed by atoms with Crippen molar-refractivity contribution < 1.29 is 14.3 Å². The van der Waals surface area contributed by atoms with Gasteiger partial charge in [-0.2, -0.15) is 0 Å². The Bertz CT molecular complexity index is 580. The maximum Gasteiger partial charge on any atom is 0.314 e. The van der Waals surface area contributed by atoms with Gasteiger partial charge in [0.05, 0.1) is 6.54 Å². The van der Waals surface area contributed by atoms with Crippen LogP contribution in [0, 0.1) is 0 Å². The number of rotatable bonds is 6. The van der Waals surface area contributed by atoms with Crippen LogP contribution in [0.5, 0.6) is 5.75 Å². The number of fused-ring (bicyclic) bond motifs is 1. The third-order valence-electron chi connectivity index (χ3n) is 4.77. The lowest BCUT2D eigenvalue weighted by atomic mass is 10.1. The van der Waals surface area contributed by atoms with E-state index in [1.54, 1.807) is 0 Å². The van der Waals surface area contributed by atoms with Crippen molar-refractivity contribution in [3.63, 3.8) is 0 Å². The summed E-state index contributed by atoms with van der Waals surface area (Å²) in [5.74, 6) is 1.16. The molecule has 1 aromatic carbocycles. The number of carbonyl (C=O) groups excluding carboxylic acids is 2. The summed E-state index contributed by atoms with van der Waals surface area (Å²) in [5, 5.41) is 5.72. The van der Waals surface area contributed by atoms with E-state index in [-0.39, 0.29) is 18.0 Å². The van der Waals surface area contributed by atoms with Gasteiger partial charge in [0.2, 0.25) is 5.91 Å². The maximum absolute atomic E-state index is 11.9. The molecule has 2 heterocycles. The quantitative estimate of drug-likeness (QED) is 0.776. The Morgan fingerprint density at radius 1 is 1.20 bits per heavy atom. The van der Waals surface area contributed by atoms with E-state index in [1.807, 2.05) is 23.1 Å². The van der Waals surface area contributed by atoms with Gasteiger partial charge >= 0.3 is 6.03 Å². The average Bonchev–Trinajstić information content (AvgIpc) is 2.93. The number of carbonyl (C=O) groups is 2. The normalized spacial score (nSPS) is 19.8. The van der Waals surface area contributed by atoms with Gasteiger partial charge in [0, 0.05) is 32.5 Å². The summed E-state index contributed by atoms with van der Waals surface area (Å²) in [7, 11) is 0. The van der Waals surface area contributed by atoms with Crippen LogP contribution in [0.2, 0.25) is 0 Å². The van der Waals surface area contributed by atoms with Crippen LogP contribution >= 0.6 is 0 Å². The van der Waals surface area contributed by atoms with Crippen LogP contribution < -0.4 is 15.4 Å². The highest BCUT2D eigenvalue weighted by Crippen LogP contribution is 2.27. The van der Waals surface area contributed by atoms with Gasteiger partial charge in [-0.25, -0.2) is 4.79 Å². The van der Waals surface area contributed by atoms with E-state index in [0.29, 0.717) is 19.5 Å². The number of para-hydroxylation sites is 1. The van der Waals surface area contributed by atoms with Crippen LogP contribution in [-0.2, 0) is 11.2 Å². The van der Waals surface area contributed by atoms with Crippen molar-refractivity contribution in [2.24, 2.45) is 0 Å². The minimum absolute atomic E-state index is 0.00197. The second-order valence-corrected chi connectivity index (χ2v) is 6.73. The number of ether oxygens (including phenoxy) is 1. The molecule has 0 radical (unpaired) electrons. The summed E-state index contributed by atoms with van der Waals surface area (Å²) in [6.45, 7) is 2.64. The van der Waals surface area contributed by atoms with Crippen molar-refractivity contribution in [1.29, 1.82) is 0 Å². The first kappa shape index (κ1) is 17.6. The molecule has 0 spiro atoms. The molecule has 1 saturated heterocycles. The molecule has 0 aliphatic carbocycles. The van der Waals surface area contributed by atoms with Crippen molar-refractivity contribution in [1.82, 2.24) is 15.5 Å². The summed E-state index contributed by atoms with van der Waals surface area (Å²) >= 11 is 0. The highest BCUT2D eigenvalue weighted by Gasteiger charge is 2.22. The summed E-state index contributed by atoms with van der Waals surface area (Å²) in [6, 6.07) is 7.79. The average molecular weight is 345 g/mol. The first-order chi connectivity index (χ1) is 12.2. The number of urea groups is 1. The minimum atomic E-state index is -0.179. The zero-order valence-electron chi connectivity index (χ0n) is 14.6. The predicted molar refractivity (Wildman–Crippen MR) is 95.6 cm³/mol. The number of likely N-dealkylation sites (tertiary alicyclic amines) is 1. The number of nitrogens with zero attached hydrogens (tertiary/aromatic N) is 1. The summed E-state index contributed by atoms with van der Waals surface area (Å²) < 4.78 is 5.80. The molecule has 25 heavy (non-hydrogen) atoms. The van der Waals surface area contributed by atoms with Crippen LogP contribution in [0.4, 0.5) is 4.79 Å². The van der Waals surface area contributed by atoms with Crippen molar-refractivity contribution >= 4 is 11.9 Å². The number of amides is 3. The second-order valence-electron chi connectivity index (χ2n) is 6.73. The van der Waals surface area contributed by atoms with Crippen molar-refractivity contribution in [3.05, 3.63) is 29.8 Å². The van der Waals surface area contributed by atoms with E-state index in [9.17, 15) is 9.59 Å². The lowest BCUT2D eigenvalue weighted by molar-refractivity contribution is -0.130. The highest BCUT2D eigenvalue weighted by molar-refractivity contribution is 5.76. The molecule has 136 valence electrons. The van der Waals surface area contributed by atoms with E-state index >= 15 is 0 Å². The molecule has 6 heteroatoms.